The van der Waals surface area contributed by atoms with Crippen LogP contribution in [0, 0.1) is 6.92 Å². The van der Waals surface area contributed by atoms with Gasteiger partial charge in [-0.25, -0.2) is 10.5 Å². The van der Waals surface area contributed by atoms with Crippen molar-refractivity contribution in [2.45, 2.75) is 13.5 Å². The molecule has 2 aromatic carbocycles. The summed E-state index contributed by atoms with van der Waals surface area (Å²) in [5.41, 5.74) is 8.38. The minimum absolute atomic E-state index is 0.394. The third-order valence-corrected chi connectivity index (χ3v) is 4.65. The number of amides is 1. The fourth-order valence-electron chi connectivity index (χ4n) is 3.22. The van der Waals surface area contributed by atoms with Crippen molar-refractivity contribution in [2.75, 3.05) is 5.32 Å². The Balaban J connectivity index is 1.61. The van der Waals surface area contributed by atoms with E-state index >= 15 is 0 Å². The van der Waals surface area contributed by atoms with Gasteiger partial charge in [-0.2, -0.15) is 0 Å². The molecule has 0 aliphatic heterocycles. The van der Waals surface area contributed by atoms with Crippen molar-refractivity contribution < 1.29 is 10.0 Å². The summed E-state index contributed by atoms with van der Waals surface area (Å²) < 4.78 is 2.03. The Kier molecular flexibility index (Phi) is 4.78. The van der Waals surface area contributed by atoms with E-state index in [1.807, 2.05) is 10.6 Å². The van der Waals surface area contributed by atoms with Gasteiger partial charge in [0.15, 0.2) is 0 Å². The van der Waals surface area contributed by atoms with Crippen LogP contribution in [0.1, 0.15) is 21.5 Å². The molecular weight excluding hydrogens is 352 g/mol. The molecule has 0 spiro atoms. The molecule has 0 atom stereocenters. The van der Waals surface area contributed by atoms with Gasteiger partial charge in [-0.1, -0.05) is 29.8 Å². The number of carbonyl (C=O) groups excluding carboxylic acids is 1. The number of nitrogens with one attached hydrogen (secondary N) is 2. The topological polar surface area (TPSA) is 78.7 Å². The van der Waals surface area contributed by atoms with Crippen molar-refractivity contribution in [3.8, 4) is 11.1 Å². The Labute approximate surface area is 162 Å². The standard InChI is InChI=1S/C22H20N4O2/c1-15-3-2-4-17(11-15)19-12-18(21-23-9-10-26(21)14-19)13-24-20-7-5-16(6-8-20)22(27)25-28/h2-12,14,24,28H,13H2,1H3,(H,25,27). The van der Waals surface area contributed by atoms with Gasteiger partial charge in [0.25, 0.3) is 5.91 Å². The monoisotopic (exact) mass is 372 g/mol. The van der Waals surface area contributed by atoms with E-state index in [4.69, 9.17) is 5.21 Å². The number of hydrogen-bond donors (Lipinski definition) is 3. The van der Waals surface area contributed by atoms with Gasteiger partial charge in [-0.15, -0.1) is 0 Å². The molecule has 0 aliphatic rings. The second kappa shape index (κ2) is 7.54. The van der Waals surface area contributed by atoms with Crippen LogP contribution in [0.4, 0.5) is 5.69 Å². The summed E-state index contributed by atoms with van der Waals surface area (Å²) in [6, 6.07) is 17.5. The highest BCUT2D eigenvalue weighted by Crippen LogP contribution is 2.24. The van der Waals surface area contributed by atoms with E-state index in [2.05, 4.69) is 53.8 Å². The molecule has 0 saturated carbocycles. The van der Waals surface area contributed by atoms with Crippen molar-refractivity contribution in [3.05, 3.63) is 89.9 Å². The van der Waals surface area contributed by atoms with E-state index in [0.29, 0.717) is 12.1 Å². The lowest BCUT2D eigenvalue weighted by atomic mass is 10.0. The van der Waals surface area contributed by atoms with Crippen molar-refractivity contribution in [2.24, 2.45) is 0 Å². The maximum Gasteiger partial charge on any atom is 0.274 e. The summed E-state index contributed by atoms with van der Waals surface area (Å²) in [6.45, 7) is 2.67. The van der Waals surface area contributed by atoms with E-state index in [1.54, 1.807) is 35.9 Å². The zero-order valence-corrected chi connectivity index (χ0v) is 15.4. The highest BCUT2D eigenvalue weighted by atomic mass is 16.5. The largest absolute Gasteiger partial charge is 0.381 e. The van der Waals surface area contributed by atoms with Gasteiger partial charge in [0, 0.05) is 41.9 Å². The van der Waals surface area contributed by atoms with Gasteiger partial charge in [-0.05, 0) is 48.4 Å². The second-order valence-corrected chi connectivity index (χ2v) is 6.65. The summed E-state index contributed by atoms with van der Waals surface area (Å²) in [6.07, 6.45) is 5.82. The van der Waals surface area contributed by atoms with Crippen LogP contribution in [0.15, 0.2) is 73.2 Å². The highest BCUT2D eigenvalue weighted by Gasteiger charge is 2.08. The molecule has 4 aromatic rings. The predicted molar refractivity (Wildman–Crippen MR) is 108 cm³/mol. The zero-order valence-electron chi connectivity index (χ0n) is 15.4. The summed E-state index contributed by atoms with van der Waals surface area (Å²) in [4.78, 5) is 15.9. The Morgan fingerprint density at radius 2 is 1.93 bits per heavy atom. The van der Waals surface area contributed by atoms with Gasteiger partial charge in [-0.3, -0.25) is 10.0 Å². The number of aryl methyl sites for hydroxylation is 1. The van der Waals surface area contributed by atoms with Crippen LogP contribution in [0.2, 0.25) is 0 Å². The lowest BCUT2D eigenvalue weighted by molar-refractivity contribution is 0.0706. The van der Waals surface area contributed by atoms with Gasteiger partial charge in [0.1, 0.15) is 5.65 Å². The molecule has 1 amide bonds. The van der Waals surface area contributed by atoms with Crippen molar-refractivity contribution in [1.29, 1.82) is 0 Å². The fraction of sp³-hybridized carbons (Fsp3) is 0.0909. The molecular formula is C22H20N4O2. The van der Waals surface area contributed by atoms with E-state index in [1.165, 1.54) is 5.56 Å². The van der Waals surface area contributed by atoms with Crippen LogP contribution in [0.3, 0.4) is 0 Å². The quantitative estimate of drug-likeness (QED) is 0.365. The number of carbonyl (C=O) groups is 1. The summed E-state index contributed by atoms with van der Waals surface area (Å²) >= 11 is 0. The van der Waals surface area contributed by atoms with E-state index in [-0.39, 0.29) is 0 Å². The van der Waals surface area contributed by atoms with Crippen LogP contribution in [-0.2, 0) is 6.54 Å². The third-order valence-electron chi connectivity index (χ3n) is 4.65. The molecule has 0 unspecified atom stereocenters. The molecule has 6 heteroatoms. The summed E-state index contributed by atoms with van der Waals surface area (Å²) in [5, 5.41) is 12.1. The Hall–Kier alpha value is -3.64. The normalized spacial score (nSPS) is 10.8. The van der Waals surface area contributed by atoms with Gasteiger partial charge in [0.2, 0.25) is 0 Å². The van der Waals surface area contributed by atoms with Gasteiger partial charge in [0.05, 0.1) is 0 Å². The maximum absolute atomic E-state index is 11.4. The van der Waals surface area contributed by atoms with Crippen molar-refractivity contribution >= 4 is 17.2 Å². The molecule has 140 valence electrons. The number of anilines is 1. The Morgan fingerprint density at radius 1 is 1.11 bits per heavy atom. The molecule has 3 N–H and O–H groups in total. The molecule has 0 aliphatic carbocycles. The minimum atomic E-state index is -0.531. The number of aromatic nitrogens is 2. The zero-order chi connectivity index (χ0) is 19.5. The van der Waals surface area contributed by atoms with Crippen LogP contribution in [0.5, 0.6) is 0 Å². The first-order valence-corrected chi connectivity index (χ1v) is 8.95. The second-order valence-electron chi connectivity index (χ2n) is 6.65. The van der Waals surface area contributed by atoms with E-state index in [0.717, 1.165) is 28.0 Å². The van der Waals surface area contributed by atoms with Gasteiger partial charge < -0.3 is 9.72 Å². The number of imidazole rings is 1. The highest BCUT2D eigenvalue weighted by molar-refractivity contribution is 5.93. The number of pyridine rings is 1. The smallest absolute Gasteiger partial charge is 0.274 e. The maximum atomic E-state index is 11.4. The number of nitrogens with zero attached hydrogens (tertiary/aromatic N) is 2. The average molecular weight is 372 g/mol. The first-order valence-electron chi connectivity index (χ1n) is 8.95. The molecule has 0 fully saturated rings. The first kappa shape index (κ1) is 17.8. The number of fused-ring (bicyclic) bond motifs is 1. The number of rotatable bonds is 5. The van der Waals surface area contributed by atoms with E-state index in [9.17, 15) is 4.79 Å². The third kappa shape index (κ3) is 3.58. The van der Waals surface area contributed by atoms with Crippen LogP contribution in [0.25, 0.3) is 16.8 Å². The molecule has 4 rings (SSSR count). The summed E-state index contributed by atoms with van der Waals surface area (Å²) in [5.74, 6) is -0.531. The molecule has 0 saturated heterocycles. The van der Waals surface area contributed by atoms with Crippen molar-refractivity contribution in [3.63, 3.8) is 0 Å². The molecule has 2 heterocycles. The summed E-state index contributed by atoms with van der Waals surface area (Å²) in [7, 11) is 0. The first-order chi connectivity index (χ1) is 13.6. The molecule has 2 aromatic heterocycles. The molecule has 0 radical (unpaired) electrons. The van der Waals surface area contributed by atoms with E-state index < -0.39 is 5.91 Å². The van der Waals surface area contributed by atoms with Crippen molar-refractivity contribution in [1.82, 2.24) is 14.9 Å². The molecule has 28 heavy (non-hydrogen) atoms. The average Bonchev–Trinajstić information content (AvgIpc) is 3.20. The Bertz CT molecular complexity index is 1130. The molecule has 0 bridgehead atoms. The fourth-order valence-corrected chi connectivity index (χ4v) is 3.22. The number of hydroxylamine groups is 1. The van der Waals surface area contributed by atoms with Crippen LogP contribution in [-0.4, -0.2) is 20.5 Å². The minimum Gasteiger partial charge on any atom is -0.381 e. The van der Waals surface area contributed by atoms with Gasteiger partial charge >= 0.3 is 0 Å². The SMILES string of the molecule is Cc1cccc(-c2cc(CNc3ccc(C(=O)NO)cc3)c3nccn3c2)c1. The van der Waals surface area contributed by atoms with Crippen LogP contribution < -0.4 is 10.8 Å². The number of benzene rings is 2. The number of hydrogen-bond acceptors (Lipinski definition) is 4. The lowest BCUT2D eigenvalue weighted by Gasteiger charge is -2.11. The van der Waals surface area contributed by atoms with Crippen LogP contribution >= 0.6 is 0 Å². The molecule has 6 nitrogen and oxygen atoms in total. The lowest BCUT2D eigenvalue weighted by Crippen LogP contribution is -2.18. The predicted octanol–water partition coefficient (Wildman–Crippen LogP) is 4.04. The Morgan fingerprint density at radius 3 is 2.68 bits per heavy atom.